The molecule has 0 saturated heterocycles. The average Bonchev–Trinajstić information content (AvgIpc) is 2.71. The van der Waals surface area contributed by atoms with E-state index in [9.17, 15) is 8.78 Å². The van der Waals surface area contributed by atoms with E-state index in [-0.39, 0.29) is 0 Å². The normalized spacial score (nSPS) is 10.7. The molecule has 2 rings (SSSR count). The van der Waals surface area contributed by atoms with Gasteiger partial charge in [0.15, 0.2) is 11.6 Å². The van der Waals surface area contributed by atoms with Crippen LogP contribution in [0.15, 0.2) is 30.6 Å². The molecule has 84 valence electrons. The molecule has 0 N–H and O–H groups in total. The van der Waals surface area contributed by atoms with Gasteiger partial charge >= 0.3 is 0 Å². The first-order chi connectivity index (χ1) is 7.69. The molecule has 0 bridgehead atoms. The van der Waals surface area contributed by atoms with Crippen molar-refractivity contribution in [3.8, 4) is 0 Å². The minimum Gasteiger partial charge on any atom is -0.268 e. The summed E-state index contributed by atoms with van der Waals surface area (Å²) in [5.74, 6) is -1.30. The van der Waals surface area contributed by atoms with Crippen molar-refractivity contribution < 1.29 is 8.78 Å². The molecule has 0 spiro atoms. The fraction of sp³-hybridized carbons (Fsp3) is 0.182. The maximum absolute atomic E-state index is 12.9. The summed E-state index contributed by atoms with van der Waals surface area (Å²) >= 11 is 5.63. The summed E-state index contributed by atoms with van der Waals surface area (Å²) in [6, 6.07) is 3.80. The summed E-state index contributed by atoms with van der Waals surface area (Å²) in [5, 5.41) is 4.05. The minimum atomic E-state index is -0.845. The van der Waals surface area contributed by atoms with E-state index in [1.54, 1.807) is 17.1 Å². The number of alkyl halides is 1. The van der Waals surface area contributed by atoms with Gasteiger partial charge in [0.25, 0.3) is 0 Å². The maximum Gasteiger partial charge on any atom is 0.159 e. The smallest absolute Gasteiger partial charge is 0.159 e. The molecule has 0 saturated carbocycles. The van der Waals surface area contributed by atoms with Gasteiger partial charge in [0.1, 0.15) is 0 Å². The van der Waals surface area contributed by atoms with Crippen LogP contribution in [0.2, 0.25) is 0 Å². The van der Waals surface area contributed by atoms with Crippen molar-refractivity contribution in [2.24, 2.45) is 0 Å². The molecule has 0 aliphatic carbocycles. The SMILES string of the molecule is Fc1ccc(Cn2cc(CCl)cn2)cc1F. The Labute approximate surface area is 96.5 Å². The number of aromatic nitrogens is 2. The van der Waals surface area contributed by atoms with Gasteiger partial charge in [0.2, 0.25) is 0 Å². The second-order valence-electron chi connectivity index (χ2n) is 3.43. The summed E-state index contributed by atoms with van der Waals surface area (Å²) in [6.07, 6.45) is 3.42. The molecule has 2 nitrogen and oxygen atoms in total. The van der Waals surface area contributed by atoms with E-state index in [1.807, 2.05) is 0 Å². The van der Waals surface area contributed by atoms with Crippen LogP contribution in [0, 0.1) is 11.6 Å². The Morgan fingerprint density at radius 3 is 2.62 bits per heavy atom. The van der Waals surface area contributed by atoms with Gasteiger partial charge in [-0.25, -0.2) is 8.78 Å². The van der Waals surface area contributed by atoms with Crippen molar-refractivity contribution in [2.75, 3.05) is 0 Å². The molecule has 1 aromatic heterocycles. The lowest BCUT2D eigenvalue weighted by Gasteiger charge is -2.02. The van der Waals surface area contributed by atoms with Crippen molar-refractivity contribution in [3.05, 3.63) is 53.4 Å². The molecule has 2 aromatic rings. The highest BCUT2D eigenvalue weighted by Crippen LogP contribution is 2.10. The lowest BCUT2D eigenvalue weighted by Crippen LogP contribution is -2.00. The molecule has 0 aliphatic heterocycles. The molecule has 16 heavy (non-hydrogen) atoms. The molecule has 0 radical (unpaired) electrons. The van der Waals surface area contributed by atoms with Crippen LogP contribution in [0.25, 0.3) is 0 Å². The molecule has 0 aliphatic rings. The van der Waals surface area contributed by atoms with Crippen molar-refractivity contribution >= 4 is 11.6 Å². The zero-order chi connectivity index (χ0) is 11.5. The largest absolute Gasteiger partial charge is 0.268 e. The topological polar surface area (TPSA) is 17.8 Å². The van der Waals surface area contributed by atoms with Gasteiger partial charge in [-0.1, -0.05) is 6.07 Å². The van der Waals surface area contributed by atoms with Crippen LogP contribution in [0.3, 0.4) is 0 Å². The molecule has 5 heteroatoms. The number of benzene rings is 1. The summed E-state index contributed by atoms with van der Waals surface area (Å²) in [6.45, 7) is 0.397. The lowest BCUT2D eigenvalue weighted by atomic mass is 10.2. The molecular formula is C11H9ClF2N2. The summed E-state index contributed by atoms with van der Waals surface area (Å²) < 4.78 is 27.2. The van der Waals surface area contributed by atoms with Crippen LogP contribution in [0.5, 0.6) is 0 Å². The predicted octanol–water partition coefficient (Wildman–Crippen LogP) is 2.95. The Kier molecular flexibility index (Phi) is 3.19. The first-order valence-electron chi connectivity index (χ1n) is 4.70. The summed E-state index contributed by atoms with van der Waals surface area (Å²) in [4.78, 5) is 0. The summed E-state index contributed by atoms with van der Waals surface area (Å²) in [5.41, 5.74) is 1.55. The van der Waals surface area contributed by atoms with Gasteiger partial charge in [0, 0.05) is 11.8 Å². The van der Waals surface area contributed by atoms with E-state index in [0.29, 0.717) is 18.0 Å². The van der Waals surface area contributed by atoms with Gasteiger partial charge < -0.3 is 0 Å². The number of nitrogens with zero attached hydrogens (tertiary/aromatic N) is 2. The van der Waals surface area contributed by atoms with Gasteiger partial charge in [0.05, 0.1) is 18.6 Å². The van der Waals surface area contributed by atoms with Gasteiger partial charge in [-0.3, -0.25) is 4.68 Å². The van der Waals surface area contributed by atoms with Crippen LogP contribution >= 0.6 is 11.6 Å². The highest BCUT2D eigenvalue weighted by molar-refractivity contribution is 6.17. The fourth-order valence-corrected chi connectivity index (χ4v) is 1.52. The predicted molar refractivity (Wildman–Crippen MR) is 57.2 cm³/mol. The van der Waals surface area contributed by atoms with Gasteiger partial charge in [-0.05, 0) is 17.7 Å². The van der Waals surface area contributed by atoms with Crippen molar-refractivity contribution in [1.29, 1.82) is 0 Å². The second kappa shape index (κ2) is 4.61. The molecule has 0 amide bonds. The van der Waals surface area contributed by atoms with Crippen LogP contribution in [0.4, 0.5) is 8.78 Å². The summed E-state index contributed by atoms with van der Waals surface area (Å²) in [7, 11) is 0. The van der Waals surface area contributed by atoms with Crippen molar-refractivity contribution in [3.63, 3.8) is 0 Å². The Hall–Kier alpha value is -1.42. The number of rotatable bonds is 3. The Morgan fingerprint density at radius 1 is 1.19 bits per heavy atom. The second-order valence-corrected chi connectivity index (χ2v) is 3.70. The number of hydrogen-bond donors (Lipinski definition) is 0. The third-order valence-corrected chi connectivity index (χ3v) is 2.48. The van der Waals surface area contributed by atoms with Gasteiger partial charge in [-0.2, -0.15) is 5.10 Å². The van der Waals surface area contributed by atoms with E-state index in [2.05, 4.69) is 5.10 Å². The number of halogens is 3. The third kappa shape index (κ3) is 2.39. The van der Waals surface area contributed by atoms with E-state index in [0.717, 1.165) is 17.7 Å². The molecule has 0 fully saturated rings. The Bertz CT molecular complexity index is 496. The van der Waals surface area contributed by atoms with Gasteiger partial charge in [-0.15, -0.1) is 11.6 Å². The lowest BCUT2D eigenvalue weighted by molar-refractivity contribution is 0.506. The van der Waals surface area contributed by atoms with Crippen molar-refractivity contribution in [1.82, 2.24) is 9.78 Å². The van der Waals surface area contributed by atoms with Crippen molar-refractivity contribution in [2.45, 2.75) is 12.4 Å². The van der Waals surface area contributed by atoms with E-state index in [1.165, 1.54) is 6.07 Å². The molecule has 0 atom stereocenters. The molecule has 1 aromatic carbocycles. The first kappa shape index (κ1) is 11.1. The maximum atomic E-state index is 12.9. The fourth-order valence-electron chi connectivity index (χ4n) is 1.39. The van der Waals surface area contributed by atoms with Crippen LogP contribution in [-0.2, 0) is 12.4 Å². The molecule has 1 heterocycles. The van der Waals surface area contributed by atoms with E-state index < -0.39 is 11.6 Å². The monoisotopic (exact) mass is 242 g/mol. The quantitative estimate of drug-likeness (QED) is 0.757. The standard InChI is InChI=1S/C11H9ClF2N2/c12-4-9-5-15-16(7-9)6-8-1-2-10(13)11(14)3-8/h1-3,5,7H,4,6H2. The zero-order valence-electron chi connectivity index (χ0n) is 8.33. The average molecular weight is 243 g/mol. The first-order valence-corrected chi connectivity index (χ1v) is 5.23. The van der Waals surface area contributed by atoms with E-state index >= 15 is 0 Å². The third-order valence-electron chi connectivity index (χ3n) is 2.17. The minimum absolute atomic E-state index is 0.387. The molecular weight excluding hydrogens is 234 g/mol. The van der Waals surface area contributed by atoms with Crippen LogP contribution in [0.1, 0.15) is 11.1 Å². The Balaban J connectivity index is 2.17. The molecule has 0 unspecified atom stereocenters. The van der Waals surface area contributed by atoms with Crippen LogP contribution in [-0.4, -0.2) is 9.78 Å². The van der Waals surface area contributed by atoms with E-state index in [4.69, 9.17) is 11.6 Å². The highest BCUT2D eigenvalue weighted by Gasteiger charge is 2.04. The number of hydrogen-bond acceptors (Lipinski definition) is 1. The Morgan fingerprint density at radius 2 is 2.00 bits per heavy atom. The highest BCUT2D eigenvalue weighted by atomic mass is 35.5. The van der Waals surface area contributed by atoms with Crippen LogP contribution < -0.4 is 0 Å². The zero-order valence-corrected chi connectivity index (χ0v) is 9.09.